The van der Waals surface area contributed by atoms with Crippen molar-refractivity contribution in [1.82, 2.24) is 4.57 Å². The van der Waals surface area contributed by atoms with Crippen LogP contribution in [0.3, 0.4) is 0 Å². The van der Waals surface area contributed by atoms with Crippen molar-refractivity contribution >= 4 is 38.9 Å². The summed E-state index contributed by atoms with van der Waals surface area (Å²) in [6.07, 6.45) is 0. The van der Waals surface area contributed by atoms with Gasteiger partial charge in [0.15, 0.2) is 0 Å². The molecule has 0 amide bonds. The summed E-state index contributed by atoms with van der Waals surface area (Å²) in [5.74, 6) is 0. The Morgan fingerprint density at radius 1 is 0.377 bits per heavy atom. The summed E-state index contributed by atoms with van der Waals surface area (Å²) in [5.41, 5.74) is 17.1. The lowest BCUT2D eigenvalue weighted by molar-refractivity contribution is 0.660. The maximum absolute atomic E-state index is 2.41. The fourth-order valence-corrected chi connectivity index (χ4v) is 8.52. The van der Waals surface area contributed by atoms with Crippen molar-refractivity contribution in [2.45, 2.75) is 19.3 Å². The van der Waals surface area contributed by atoms with E-state index in [9.17, 15) is 0 Å². The molecule has 0 N–H and O–H groups in total. The van der Waals surface area contributed by atoms with E-state index >= 15 is 0 Å². The number of fused-ring (bicyclic) bond motifs is 6. The lowest BCUT2D eigenvalue weighted by Gasteiger charge is -2.28. The predicted octanol–water partition coefficient (Wildman–Crippen LogP) is 13.9. The van der Waals surface area contributed by atoms with E-state index in [2.05, 4.69) is 217 Å². The topological polar surface area (TPSA) is 8.17 Å². The molecule has 0 aliphatic heterocycles. The molecule has 0 unspecified atom stereocenters. The van der Waals surface area contributed by atoms with Crippen molar-refractivity contribution in [3.8, 4) is 39.1 Å². The van der Waals surface area contributed by atoms with Crippen molar-refractivity contribution in [3.63, 3.8) is 0 Å². The first kappa shape index (κ1) is 31.1. The SMILES string of the molecule is CC1(C)c2ccccc2-c2ccc(N(c3ccc(-c4ccccc4)cc3)c3ccc(-c4ccc5c6ccccc6n(-c6ccccc6)c5c4)cc3)cc21. The molecule has 0 bridgehead atoms. The third kappa shape index (κ3) is 5.10. The highest BCUT2D eigenvalue weighted by atomic mass is 15.1. The summed E-state index contributed by atoms with van der Waals surface area (Å²) in [6, 6.07) is 70.8. The highest BCUT2D eigenvalue weighted by molar-refractivity contribution is 6.10. The number of anilines is 3. The Bertz CT molecular complexity index is 2770. The molecular weight excluding hydrogens is 641 g/mol. The Morgan fingerprint density at radius 2 is 0.906 bits per heavy atom. The van der Waals surface area contributed by atoms with E-state index in [1.54, 1.807) is 0 Å². The van der Waals surface area contributed by atoms with Gasteiger partial charge in [-0.1, -0.05) is 147 Å². The summed E-state index contributed by atoms with van der Waals surface area (Å²) < 4.78 is 2.39. The molecule has 0 saturated heterocycles. The number of hydrogen-bond acceptors (Lipinski definition) is 1. The number of nitrogens with zero attached hydrogens (tertiary/aromatic N) is 2. The van der Waals surface area contributed by atoms with Crippen LogP contribution >= 0.6 is 0 Å². The second-order valence-corrected chi connectivity index (χ2v) is 14.6. The Morgan fingerprint density at radius 3 is 1.64 bits per heavy atom. The van der Waals surface area contributed by atoms with E-state index in [1.807, 2.05) is 0 Å². The molecule has 1 aliphatic rings. The minimum absolute atomic E-state index is 0.0878. The van der Waals surface area contributed by atoms with E-state index in [0.29, 0.717) is 0 Å². The Labute approximate surface area is 310 Å². The van der Waals surface area contributed by atoms with E-state index < -0.39 is 0 Å². The van der Waals surface area contributed by atoms with Crippen LogP contribution in [-0.2, 0) is 5.41 Å². The Balaban J connectivity index is 1.08. The smallest absolute Gasteiger partial charge is 0.0547 e. The van der Waals surface area contributed by atoms with Crippen LogP contribution in [0.15, 0.2) is 194 Å². The van der Waals surface area contributed by atoms with E-state index in [1.165, 1.54) is 72.0 Å². The van der Waals surface area contributed by atoms with Crippen LogP contribution in [0.2, 0.25) is 0 Å². The largest absolute Gasteiger partial charge is 0.310 e. The summed E-state index contributed by atoms with van der Waals surface area (Å²) in [6.45, 7) is 4.70. The predicted molar refractivity (Wildman–Crippen MR) is 224 cm³/mol. The molecule has 8 aromatic carbocycles. The molecule has 0 fully saturated rings. The average Bonchev–Trinajstić information content (AvgIpc) is 3.67. The van der Waals surface area contributed by atoms with Crippen LogP contribution in [0.25, 0.3) is 60.9 Å². The van der Waals surface area contributed by atoms with Crippen molar-refractivity contribution < 1.29 is 0 Å². The van der Waals surface area contributed by atoms with Gasteiger partial charge in [0.1, 0.15) is 0 Å². The third-order valence-electron chi connectivity index (χ3n) is 11.2. The van der Waals surface area contributed by atoms with Crippen LogP contribution in [0.4, 0.5) is 17.1 Å². The molecule has 0 atom stereocenters. The maximum Gasteiger partial charge on any atom is 0.0547 e. The summed E-state index contributed by atoms with van der Waals surface area (Å²) in [5, 5.41) is 2.53. The summed E-state index contributed by atoms with van der Waals surface area (Å²) in [4.78, 5) is 2.40. The minimum Gasteiger partial charge on any atom is -0.310 e. The molecule has 1 aliphatic carbocycles. The van der Waals surface area contributed by atoms with Gasteiger partial charge < -0.3 is 9.47 Å². The fraction of sp³-hybridized carbons (Fsp3) is 0.0588. The van der Waals surface area contributed by atoms with Gasteiger partial charge >= 0.3 is 0 Å². The van der Waals surface area contributed by atoms with Gasteiger partial charge in [-0.05, 0) is 105 Å². The van der Waals surface area contributed by atoms with Crippen molar-refractivity contribution in [1.29, 1.82) is 0 Å². The zero-order chi connectivity index (χ0) is 35.5. The first-order valence-electron chi connectivity index (χ1n) is 18.4. The quantitative estimate of drug-likeness (QED) is 0.170. The average molecular weight is 679 g/mol. The molecule has 1 heterocycles. The van der Waals surface area contributed by atoms with Crippen molar-refractivity contribution in [3.05, 3.63) is 205 Å². The third-order valence-corrected chi connectivity index (χ3v) is 11.2. The van der Waals surface area contributed by atoms with Gasteiger partial charge in [0.2, 0.25) is 0 Å². The van der Waals surface area contributed by atoms with Crippen LogP contribution in [0, 0.1) is 0 Å². The first-order valence-corrected chi connectivity index (χ1v) is 18.4. The molecule has 10 rings (SSSR count). The van der Waals surface area contributed by atoms with Gasteiger partial charge in [-0.15, -0.1) is 0 Å². The maximum atomic E-state index is 2.41. The molecule has 0 spiro atoms. The molecule has 252 valence electrons. The molecule has 9 aromatic rings. The number of rotatable bonds is 6. The molecule has 2 nitrogen and oxygen atoms in total. The highest BCUT2D eigenvalue weighted by Gasteiger charge is 2.35. The van der Waals surface area contributed by atoms with E-state index in [4.69, 9.17) is 0 Å². The molecule has 0 radical (unpaired) electrons. The number of hydrogen-bond donors (Lipinski definition) is 0. The molecule has 53 heavy (non-hydrogen) atoms. The molecule has 0 saturated carbocycles. The standard InChI is InChI=1S/C51H38N2/c1-51(2)47-19-11-9-17-43(47)44-32-30-42(34-48(44)51)52(40-26-21-36(22-27-40)35-13-5-3-6-14-35)41-28-23-37(24-29-41)38-25-31-46-45-18-10-12-20-49(45)53(50(46)33-38)39-15-7-4-8-16-39/h3-34H,1-2H3. The number of aromatic nitrogens is 1. The zero-order valence-corrected chi connectivity index (χ0v) is 29.9. The monoisotopic (exact) mass is 678 g/mol. The van der Waals surface area contributed by atoms with Crippen LogP contribution in [-0.4, -0.2) is 4.57 Å². The zero-order valence-electron chi connectivity index (χ0n) is 29.9. The van der Waals surface area contributed by atoms with E-state index in [0.717, 1.165) is 17.1 Å². The number of benzene rings is 8. The van der Waals surface area contributed by atoms with E-state index in [-0.39, 0.29) is 5.41 Å². The summed E-state index contributed by atoms with van der Waals surface area (Å²) >= 11 is 0. The summed E-state index contributed by atoms with van der Waals surface area (Å²) in [7, 11) is 0. The number of para-hydroxylation sites is 2. The second-order valence-electron chi connectivity index (χ2n) is 14.6. The van der Waals surface area contributed by atoms with Gasteiger partial charge in [0, 0.05) is 38.9 Å². The van der Waals surface area contributed by atoms with Gasteiger partial charge in [-0.3, -0.25) is 0 Å². The van der Waals surface area contributed by atoms with Crippen molar-refractivity contribution in [2.75, 3.05) is 4.90 Å². The van der Waals surface area contributed by atoms with Gasteiger partial charge in [0.05, 0.1) is 11.0 Å². The first-order chi connectivity index (χ1) is 26.0. The highest BCUT2D eigenvalue weighted by Crippen LogP contribution is 2.50. The van der Waals surface area contributed by atoms with Crippen molar-refractivity contribution in [2.24, 2.45) is 0 Å². The second kappa shape index (κ2) is 12.3. The van der Waals surface area contributed by atoms with Gasteiger partial charge in [0.25, 0.3) is 0 Å². The van der Waals surface area contributed by atoms with Crippen LogP contribution in [0.1, 0.15) is 25.0 Å². The minimum atomic E-state index is -0.0878. The van der Waals surface area contributed by atoms with Gasteiger partial charge in [-0.25, -0.2) is 0 Å². The Hall–Kier alpha value is -6.64. The lowest BCUT2D eigenvalue weighted by atomic mass is 9.82. The normalized spacial score (nSPS) is 12.9. The molecule has 1 aromatic heterocycles. The lowest BCUT2D eigenvalue weighted by Crippen LogP contribution is -2.16. The van der Waals surface area contributed by atoms with Crippen LogP contribution < -0.4 is 4.90 Å². The fourth-order valence-electron chi connectivity index (χ4n) is 8.52. The Kier molecular flexibility index (Phi) is 7.19. The van der Waals surface area contributed by atoms with Gasteiger partial charge in [-0.2, -0.15) is 0 Å². The molecular formula is C51H38N2. The molecule has 2 heteroatoms. The van der Waals surface area contributed by atoms with Crippen LogP contribution in [0.5, 0.6) is 0 Å².